The van der Waals surface area contributed by atoms with E-state index in [9.17, 15) is 0 Å². The molecule has 0 aliphatic carbocycles. The standard InChI is InChI=1S/C13H16N4/c1-4-7-17-10(3)16-12(13(17)14)11-6-5-9(2)15-8-11/h4-6,8H,1,7,14H2,2-3H3. The Hall–Kier alpha value is -2.10. The summed E-state index contributed by atoms with van der Waals surface area (Å²) in [6.45, 7) is 8.27. The summed E-state index contributed by atoms with van der Waals surface area (Å²) in [5.74, 6) is 1.55. The van der Waals surface area contributed by atoms with Gasteiger partial charge in [0.15, 0.2) is 0 Å². The summed E-state index contributed by atoms with van der Waals surface area (Å²) in [7, 11) is 0. The predicted molar refractivity (Wildman–Crippen MR) is 69.5 cm³/mol. The molecule has 0 amide bonds. The molecule has 4 heteroatoms. The van der Waals surface area contributed by atoms with E-state index < -0.39 is 0 Å². The van der Waals surface area contributed by atoms with E-state index in [0.29, 0.717) is 12.4 Å². The van der Waals surface area contributed by atoms with Crippen molar-refractivity contribution in [1.82, 2.24) is 14.5 Å². The molecule has 0 saturated heterocycles. The molecule has 2 N–H and O–H groups in total. The Kier molecular flexibility index (Phi) is 2.95. The highest BCUT2D eigenvalue weighted by atomic mass is 15.1. The molecule has 0 atom stereocenters. The Balaban J connectivity index is 2.49. The minimum absolute atomic E-state index is 0.660. The summed E-state index contributed by atoms with van der Waals surface area (Å²) in [5.41, 5.74) is 8.80. The van der Waals surface area contributed by atoms with Crippen LogP contribution in [0.4, 0.5) is 5.82 Å². The predicted octanol–water partition coefficient (Wildman–Crippen LogP) is 2.33. The summed E-state index contributed by atoms with van der Waals surface area (Å²) in [4.78, 5) is 8.74. The molecule has 0 aliphatic rings. The van der Waals surface area contributed by atoms with Crippen molar-refractivity contribution in [3.8, 4) is 11.3 Å². The van der Waals surface area contributed by atoms with Gasteiger partial charge in [-0.1, -0.05) is 6.08 Å². The first-order valence-electron chi connectivity index (χ1n) is 5.50. The fourth-order valence-corrected chi connectivity index (χ4v) is 1.76. The van der Waals surface area contributed by atoms with Crippen LogP contribution in [0.3, 0.4) is 0 Å². The third-order valence-electron chi connectivity index (χ3n) is 2.69. The maximum atomic E-state index is 6.09. The van der Waals surface area contributed by atoms with Gasteiger partial charge in [0, 0.05) is 24.0 Å². The molecule has 0 fully saturated rings. The van der Waals surface area contributed by atoms with Crippen molar-refractivity contribution < 1.29 is 0 Å². The van der Waals surface area contributed by atoms with E-state index >= 15 is 0 Å². The average Bonchev–Trinajstić information content (AvgIpc) is 2.59. The van der Waals surface area contributed by atoms with E-state index in [1.165, 1.54) is 0 Å². The molecule has 17 heavy (non-hydrogen) atoms. The molecule has 2 heterocycles. The van der Waals surface area contributed by atoms with Crippen LogP contribution in [0.5, 0.6) is 0 Å². The van der Waals surface area contributed by atoms with Gasteiger partial charge in [-0.2, -0.15) is 0 Å². The summed E-state index contributed by atoms with van der Waals surface area (Å²) < 4.78 is 1.93. The average molecular weight is 228 g/mol. The van der Waals surface area contributed by atoms with Crippen LogP contribution in [-0.2, 0) is 6.54 Å². The topological polar surface area (TPSA) is 56.7 Å². The SMILES string of the molecule is C=CCn1c(C)nc(-c2ccc(C)nc2)c1N. The van der Waals surface area contributed by atoms with Crippen molar-refractivity contribution >= 4 is 5.82 Å². The van der Waals surface area contributed by atoms with Gasteiger partial charge in [-0.15, -0.1) is 6.58 Å². The van der Waals surface area contributed by atoms with Crippen LogP contribution in [0.1, 0.15) is 11.5 Å². The van der Waals surface area contributed by atoms with Gasteiger partial charge >= 0.3 is 0 Å². The van der Waals surface area contributed by atoms with Crippen LogP contribution in [0.15, 0.2) is 31.0 Å². The number of aromatic nitrogens is 3. The molecule has 0 unspecified atom stereocenters. The number of rotatable bonds is 3. The van der Waals surface area contributed by atoms with Crippen LogP contribution in [0, 0.1) is 13.8 Å². The van der Waals surface area contributed by atoms with E-state index in [1.54, 1.807) is 6.20 Å². The van der Waals surface area contributed by atoms with Crippen molar-refractivity contribution in [2.24, 2.45) is 0 Å². The van der Waals surface area contributed by atoms with E-state index in [2.05, 4.69) is 16.5 Å². The van der Waals surface area contributed by atoms with E-state index in [0.717, 1.165) is 22.8 Å². The Morgan fingerprint density at radius 3 is 2.76 bits per heavy atom. The number of allylic oxidation sites excluding steroid dienone is 1. The normalized spacial score (nSPS) is 10.5. The van der Waals surface area contributed by atoms with Gasteiger partial charge in [0.1, 0.15) is 17.3 Å². The maximum Gasteiger partial charge on any atom is 0.132 e. The van der Waals surface area contributed by atoms with Gasteiger partial charge in [-0.25, -0.2) is 4.98 Å². The van der Waals surface area contributed by atoms with Gasteiger partial charge in [0.2, 0.25) is 0 Å². The largest absolute Gasteiger partial charge is 0.383 e. The molecular weight excluding hydrogens is 212 g/mol. The van der Waals surface area contributed by atoms with Crippen LogP contribution >= 0.6 is 0 Å². The van der Waals surface area contributed by atoms with Crippen LogP contribution < -0.4 is 5.73 Å². The van der Waals surface area contributed by atoms with E-state index in [-0.39, 0.29) is 0 Å². The molecule has 2 aromatic rings. The number of aryl methyl sites for hydroxylation is 2. The number of imidazole rings is 1. The first-order valence-corrected chi connectivity index (χ1v) is 5.50. The lowest BCUT2D eigenvalue weighted by molar-refractivity contribution is 0.792. The number of hydrogen-bond acceptors (Lipinski definition) is 3. The molecule has 0 radical (unpaired) electrons. The summed E-state index contributed by atoms with van der Waals surface area (Å²) in [6.07, 6.45) is 3.61. The lowest BCUT2D eigenvalue weighted by Crippen LogP contribution is -2.03. The molecule has 0 spiro atoms. The van der Waals surface area contributed by atoms with Crippen LogP contribution in [0.2, 0.25) is 0 Å². The lowest BCUT2D eigenvalue weighted by atomic mass is 10.2. The zero-order chi connectivity index (χ0) is 12.4. The molecule has 0 bridgehead atoms. The maximum absolute atomic E-state index is 6.09. The molecule has 0 aliphatic heterocycles. The quantitative estimate of drug-likeness (QED) is 0.820. The fourth-order valence-electron chi connectivity index (χ4n) is 1.76. The Labute approximate surface area is 101 Å². The van der Waals surface area contributed by atoms with Crippen molar-refractivity contribution in [3.05, 3.63) is 42.5 Å². The molecular formula is C13H16N4. The lowest BCUT2D eigenvalue weighted by Gasteiger charge is -2.04. The fraction of sp³-hybridized carbons (Fsp3) is 0.231. The number of pyridine rings is 1. The summed E-state index contributed by atoms with van der Waals surface area (Å²) in [5, 5.41) is 0. The van der Waals surface area contributed by atoms with Crippen molar-refractivity contribution in [2.45, 2.75) is 20.4 Å². The van der Waals surface area contributed by atoms with Crippen LogP contribution in [0.25, 0.3) is 11.3 Å². The van der Waals surface area contributed by atoms with E-state index in [1.807, 2.05) is 36.6 Å². The Morgan fingerprint density at radius 1 is 1.41 bits per heavy atom. The van der Waals surface area contributed by atoms with Crippen molar-refractivity contribution in [1.29, 1.82) is 0 Å². The third-order valence-corrected chi connectivity index (χ3v) is 2.69. The number of hydrogen-bond donors (Lipinski definition) is 1. The first-order chi connectivity index (χ1) is 8.13. The highest BCUT2D eigenvalue weighted by Gasteiger charge is 2.12. The van der Waals surface area contributed by atoms with E-state index in [4.69, 9.17) is 5.73 Å². The molecule has 2 rings (SSSR count). The second-order valence-corrected chi connectivity index (χ2v) is 3.98. The second-order valence-electron chi connectivity index (χ2n) is 3.98. The second kappa shape index (κ2) is 4.41. The molecule has 4 nitrogen and oxygen atoms in total. The molecule has 88 valence electrons. The third kappa shape index (κ3) is 2.06. The highest BCUT2D eigenvalue weighted by Crippen LogP contribution is 2.25. The van der Waals surface area contributed by atoms with Gasteiger partial charge in [0.05, 0.1) is 0 Å². The zero-order valence-electron chi connectivity index (χ0n) is 10.1. The number of nitrogen functional groups attached to an aromatic ring is 1. The van der Waals surface area contributed by atoms with Gasteiger partial charge in [0.25, 0.3) is 0 Å². The van der Waals surface area contributed by atoms with Crippen molar-refractivity contribution in [3.63, 3.8) is 0 Å². The zero-order valence-corrected chi connectivity index (χ0v) is 10.1. The Bertz CT molecular complexity index is 537. The highest BCUT2D eigenvalue weighted by molar-refractivity contribution is 5.70. The molecule has 2 aromatic heterocycles. The molecule has 0 aromatic carbocycles. The minimum Gasteiger partial charge on any atom is -0.383 e. The van der Waals surface area contributed by atoms with Gasteiger partial charge in [-0.3, -0.25) is 4.98 Å². The van der Waals surface area contributed by atoms with Crippen molar-refractivity contribution in [2.75, 3.05) is 5.73 Å². The number of nitrogens with zero attached hydrogens (tertiary/aromatic N) is 3. The molecule has 0 saturated carbocycles. The smallest absolute Gasteiger partial charge is 0.132 e. The first kappa shape index (κ1) is 11.4. The van der Waals surface area contributed by atoms with Crippen LogP contribution in [-0.4, -0.2) is 14.5 Å². The minimum atomic E-state index is 0.660. The number of anilines is 1. The number of nitrogens with two attached hydrogens (primary N) is 1. The van der Waals surface area contributed by atoms with Gasteiger partial charge in [-0.05, 0) is 26.0 Å². The summed E-state index contributed by atoms with van der Waals surface area (Å²) in [6, 6.07) is 3.94. The Morgan fingerprint density at radius 2 is 2.18 bits per heavy atom. The monoisotopic (exact) mass is 228 g/mol. The van der Waals surface area contributed by atoms with Gasteiger partial charge < -0.3 is 10.3 Å². The summed E-state index contributed by atoms with van der Waals surface area (Å²) >= 11 is 0.